The highest BCUT2D eigenvalue weighted by atomic mass is 16.5. The summed E-state index contributed by atoms with van der Waals surface area (Å²) in [7, 11) is 0. The molecule has 0 radical (unpaired) electrons. The number of hydrogen-bond donors (Lipinski definition) is 0. The van der Waals surface area contributed by atoms with Gasteiger partial charge in [-0.25, -0.2) is 0 Å². The van der Waals surface area contributed by atoms with Crippen LogP contribution in [0.5, 0.6) is 0 Å². The molecule has 0 bridgehead atoms. The average Bonchev–Trinajstić information content (AvgIpc) is 3.14. The monoisotopic (exact) mass is 264 g/mol. The Bertz CT molecular complexity index is 644. The number of esters is 1. The lowest BCUT2D eigenvalue weighted by atomic mass is 10.1. The van der Waals surface area contributed by atoms with Crippen molar-refractivity contribution in [3.63, 3.8) is 0 Å². The zero-order valence-electron chi connectivity index (χ0n) is 11.4. The van der Waals surface area contributed by atoms with Crippen LogP contribution in [-0.2, 0) is 9.53 Å². The minimum atomic E-state index is -0.234. The Labute approximate surface area is 118 Å². The number of ether oxygens (including phenoxy) is 1. The van der Waals surface area contributed by atoms with Gasteiger partial charge in [-0.2, -0.15) is 0 Å². The van der Waals surface area contributed by atoms with Gasteiger partial charge in [-0.05, 0) is 23.5 Å². The molecule has 2 heteroatoms. The highest BCUT2D eigenvalue weighted by Gasteiger charge is 2.42. The number of carbonyl (C=O) groups is 1. The number of fused-ring (bicyclic) bond motifs is 3. The van der Waals surface area contributed by atoms with Crippen LogP contribution in [0.25, 0.3) is 11.1 Å². The Hall–Kier alpha value is -2.09. The van der Waals surface area contributed by atoms with Crippen LogP contribution in [-0.4, -0.2) is 5.97 Å². The second-order valence-corrected chi connectivity index (χ2v) is 5.81. The normalized spacial score (nSPS) is 23.1. The molecule has 0 spiro atoms. The Balaban J connectivity index is 1.74. The lowest BCUT2D eigenvalue weighted by molar-refractivity contribution is -0.149. The van der Waals surface area contributed by atoms with Crippen LogP contribution in [0.2, 0.25) is 0 Å². The van der Waals surface area contributed by atoms with E-state index in [1.54, 1.807) is 0 Å². The summed E-state index contributed by atoms with van der Waals surface area (Å²) in [6.45, 7) is 2.10. The molecule has 0 amide bonds. The molecule has 2 atom stereocenters. The first-order valence-corrected chi connectivity index (χ1v) is 7.14. The Kier molecular flexibility index (Phi) is 2.46. The summed E-state index contributed by atoms with van der Waals surface area (Å²) in [5.74, 6) is 0.540. The fourth-order valence-corrected chi connectivity index (χ4v) is 3.09. The van der Waals surface area contributed by atoms with Gasteiger partial charge in [-0.1, -0.05) is 55.5 Å². The third-order valence-electron chi connectivity index (χ3n) is 4.42. The lowest BCUT2D eigenvalue weighted by Crippen LogP contribution is -2.12. The highest BCUT2D eigenvalue weighted by Crippen LogP contribution is 2.47. The molecule has 1 saturated carbocycles. The zero-order valence-corrected chi connectivity index (χ0v) is 11.4. The summed E-state index contributed by atoms with van der Waals surface area (Å²) >= 11 is 0. The first kappa shape index (κ1) is 11.7. The molecule has 1 fully saturated rings. The van der Waals surface area contributed by atoms with Crippen LogP contribution in [0.15, 0.2) is 48.5 Å². The van der Waals surface area contributed by atoms with Crippen molar-refractivity contribution in [2.75, 3.05) is 0 Å². The Morgan fingerprint density at radius 1 is 1.00 bits per heavy atom. The first-order valence-electron chi connectivity index (χ1n) is 7.14. The van der Waals surface area contributed by atoms with E-state index in [1.165, 1.54) is 11.1 Å². The average molecular weight is 264 g/mol. The van der Waals surface area contributed by atoms with Crippen molar-refractivity contribution in [3.05, 3.63) is 59.7 Å². The lowest BCUT2D eigenvalue weighted by Gasteiger charge is -2.15. The molecule has 2 aliphatic carbocycles. The summed E-state index contributed by atoms with van der Waals surface area (Å²) < 4.78 is 5.82. The van der Waals surface area contributed by atoms with Crippen LogP contribution >= 0.6 is 0 Å². The van der Waals surface area contributed by atoms with Gasteiger partial charge in [0, 0.05) is 11.1 Å². The minimum Gasteiger partial charge on any atom is -0.452 e. The molecular formula is C18H16O2. The molecule has 0 saturated heterocycles. The smallest absolute Gasteiger partial charge is 0.310 e. The molecular weight excluding hydrogens is 248 g/mol. The molecule has 100 valence electrons. The van der Waals surface area contributed by atoms with Gasteiger partial charge in [-0.15, -0.1) is 0 Å². The van der Waals surface area contributed by atoms with E-state index in [4.69, 9.17) is 4.74 Å². The van der Waals surface area contributed by atoms with Crippen LogP contribution in [0.4, 0.5) is 0 Å². The van der Waals surface area contributed by atoms with E-state index in [-0.39, 0.29) is 18.0 Å². The van der Waals surface area contributed by atoms with E-state index in [0.29, 0.717) is 5.92 Å². The first-order chi connectivity index (χ1) is 9.75. The van der Waals surface area contributed by atoms with Crippen LogP contribution in [0.3, 0.4) is 0 Å². The maximum atomic E-state index is 12.2. The van der Waals surface area contributed by atoms with Crippen molar-refractivity contribution in [2.45, 2.75) is 19.4 Å². The molecule has 2 aromatic rings. The van der Waals surface area contributed by atoms with Crippen LogP contribution < -0.4 is 0 Å². The van der Waals surface area contributed by atoms with Crippen molar-refractivity contribution in [1.29, 1.82) is 0 Å². The summed E-state index contributed by atoms with van der Waals surface area (Å²) in [4.78, 5) is 12.2. The fourth-order valence-electron chi connectivity index (χ4n) is 3.09. The molecule has 0 unspecified atom stereocenters. The topological polar surface area (TPSA) is 26.3 Å². The molecule has 20 heavy (non-hydrogen) atoms. The summed E-state index contributed by atoms with van der Waals surface area (Å²) in [5, 5.41) is 0. The van der Waals surface area contributed by atoms with Gasteiger partial charge in [-0.3, -0.25) is 4.79 Å². The third kappa shape index (κ3) is 1.68. The van der Waals surface area contributed by atoms with E-state index < -0.39 is 0 Å². The molecule has 0 heterocycles. The van der Waals surface area contributed by atoms with Gasteiger partial charge in [0.05, 0.1) is 5.92 Å². The second-order valence-electron chi connectivity index (χ2n) is 5.81. The molecule has 0 N–H and O–H groups in total. The quantitative estimate of drug-likeness (QED) is 0.767. The van der Waals surface area contributed by atoms with Crippen molar-refractivity contribution in [3.8, 4) is 11.1 Å². The summed E-state index contributed by atoms with van der Waals surface area (Å²) in [6, 6.07) is 16.4. The van der Waals surface area contributed by atoms with Gasteiger partial charge in [0.25, 0.3) is 0 Å². The molecule has 4 rings (SSSR count). The number of rotatable bonds is 2. The van der Waals surface area contributed by atoms with Gasteiger partial charge < -0.3 is 4.74 Å². The van der Waals surface area contributed by atoms with Gasteiger partial charge >= 0.3 is 5.97 Å². The van der Waals surface area contributed by atoms with Crippen molar-refractivity contribution >= 4 is 5.97 Å². The van der Waals surface area contributed by atoms with Crippen LogP contribution in [0.1, 0.15) is 30.6 Å². The predicted octanol–water partition coefficient (Wildman–Crippen LogP) is 3.96. The van der Waals surface area contributed by atoms with E-state index in [0.717, 1.165) is 17.5 Å². The van der Waals surface area contributed by atoms with Crippen molar-refractivity contribution in [2.24, 2.45) is 11.8 Å². The fraction of sp³-hybridized carbons (Fsp3) is 0.278. The summed E-state index contributed by atoms with van der Waals surface area (Å²) in [6.07, 6.45) is 0.733. The Morgan fingerprint density at radius 3 is 2.00 bits per heavy atom. The SMILES string of the molecule is C[C@@H]1C[C@@H]1C(=O)OC1c2ccccc2-c2ccccc21. The number of carbonyl (C=O) groups excluding carboxylic acids is 1. The summed E-state index contributed by atoms with van der Waals surface area (Å²) in [5.41, 5.74) is 4.58. The van der Waals surface area contributed by atoms with Crippen LogP contribution in [0, 0.1) is 11.8 Å². The van der Waals surface area contributed by atoms with Gasteiger partial charge in [0.2, 0.25) is 0 Å². The standard InChI is InChI=1S/C18H16O2/c1-11-10-16(11)18(19)20-17-14-8-4-2-6-12(14)13-7-3-5-9-15(13)17/h2-9,11,16-17H,10H2,1H3/t11-,16+/m1/s1. The number of hydrogen-bond acceptors (Lipinski definition) is 2. The molecule has 0 aromatic heterocycles. The maximum Gasteiger partial charge on any atom is 0.310 e. The molecule has 2 aromatic carbocycles. The van der Waals surface area contributed by atoms with E-state index in [1.807, 2.05) is 24.3 Å². The Morgan fingerprint density at radius 2 is 1.50 bits per heavy atom. The number of benzene rings is 2. The predicted molar refractivity (Wildman–Crippen MR) is 77.1 cm³/mol. The van der Waals surface area contributed by atoms with E-state index in [9.17, 15) is 4.79 Å². The third-order valence-corrected chi connectivity index (χ3v) is 4.42. The van der Waals surface area contributed by atoms with Gasteiger partial charge in [0.15, 0.2) is 6.10 Å². The van der Waals surface area contributed by atoms with E-state index in [2.05, 4.69) is 31.2 Å². The zero-order chi connectivity index (χ0) is 13.7. The largest absolute Gasteiger partial charge is 0.452 e. The van der Waals surface area contributed by atoms with Crippen molar-refractivity contribution < 1.29 is 9.53 Å². The van der Waals surface area contributed by atoms with Gasteiger partial charge in [0.1, 0.15) is 0 Å². The second kappa shape index (κ2) is 4.20. The molecule has 2 aliphatic rings. The molecule has 2 nitrogen and oxygen atoms in total. The minimum absolute atomic E-state index is 0.0472. The molecule has 0 aliphatic heterocycles. The maximum absolute atomic E-state index is 12.2. The highest BCUT2D eigenvalue weighted by molar-refractivity contribution is 5.81. The van der Waals surface area contributed by atoms with E-state index >= 15 is 0 Å². The van der Waals surface area contributed by atoms with Crippen molar-refractivity contribution in [1.82, 2.24) is 0 Å².